The maximum absolute atomic E-state index is 13.2. The summed E-state index contributed by atoms with van der Waals surface area (Å²) in [5.41, 5.74) is 2.26. The summed E-state index contributed by atoms with van der Waals surface area (Å²) in [4.78, 5) is 19.4. The molecule has 0 fully saturated rings. The second-order valence-electron chi connectivity index (χ2n) is 7.06. The second-order valence-corrected chi connectivity index (χ2v) is 7.06. The summed E-state index contributed by atoms with van der Waals surface area (Å²) >= 11 is 0. The Bertz CT molecular complexity index is 1150. The zero-order valence-electron chi connectivity index (χ0n) is 15.9. The van der Waals surface area contributed by atoms with Crippen molar-refractivity contribution in [3.05, 3.63) is 78.5 Å². The normalized spacial score (nSPS) is 15.9. The molecular weight excluding hydrogens is 366 g/mol. The van der Waals surface area contributed by atoms with Crippen LogP contribution in [0.3, 0.4) is 0 Å². The molecule has 4 aromatic rings. The molecule has 0 N–H and O–H groups in total. The van der Waals surface area contributed by atoms with Gasteiger partial charge < -0.3 is 9.47 Å². The molecule has 8 heteroatoms. The third-order valence-electron chi connectivity index (χ3n) is 5.07. The third-order valence-corrected chi connectivity index (χ3v) is 5.07. The summed E-state index contributed by atoms with van der Waals surface area (Å²) in [7, 11) is 0. The molecule has 0 radical (unpaired) electrons. The molecule has 144 valence electrons. The van der Waals surface area contributed by atoms with Crippen LogP contribution in [0.25, 0.3) is 17.2 Å². The van der Waals surface area contributed by atoms with Gasteiger partial charge >= 0.3 is 0 Å². The molecule has 5 rings (SSSR count). The molecule has 0 aliphatic carbocycles. The average Bonchev–Trinajstić information content (AvgIpc) is 3.44. The largest absolute Gasteiger partial charge is 0.329 e. The molecule has 1 amide bonds. The molecule has 1 aliphatic rings. The van der Waals surface area contributed by atoms with Gasteiger partial charge in [0, 0.05) is 30.7 Å². The Kier molecular flexibility index (Phi) is 4.16. The molecule has 1 atom stereocenters. The van der Waals surface area contributed by atoms with E-state index in [1.54, 1.807) is 17.1 Å². The van der Waals surface area contributed by atoms with Crippen molar-refractivity contribution >= 4 is 5.91 Å². The van der Waals surface area contributed by atoms with Gasteiger partial charge in [0.15, 0.2) is 11.6 Å². The maximum Gasteiger partial charge on any atom is 0.254 e. The van der Waals surface area contributed by atoms with Crippen LogP contribution in [0.4, 0.5) is 0 Å². The van der Waals surface area contributed by atoms with Crippen molar-refractivity contribution in [2.24, 2.45) is 0 Å². The first-order valence-corrected chi connectivity index (χ1v) is 9.45. The Hall–Kier alpha value is -3.81. The predicted molar refractivity (Wildman–Crippen MR) is 106 cm³/mol. The Labute approximate surface area is 167 Å². The van der Waals surface area contributed by atoms with Crippen LogP contribution in [-0.2, 0) is 6.54 Å². The van der Waals surface area contributed by atoms with Crippen LogP contribution in [0.2, 0.25) is 0 Å². The number of carbonyl (C=O) groups excluding carboxylic acids is 1. The first-order valence-electron chi connectivity index (χ1n) is 9.45. The quantitative estimate of drug-likeness (QED) is 0.542. The van der Waals surface area contributed by atoms with Gasteiger partial charge in [0.05, 0.1) is 18.3 Å². The van der Waals surface area contributed by atoms with Crippen LogP contribution >= 0.6 is 0 Å². The van der Waals surface area contributed by atoms with Gasteiger partial charge in [-0.3, -0.25) is 9.78 Å². The first-order chi connectivity index (χ1) is 14.2. The lowest BCUT2D eigenvalue weighted by Crippen LogP contribution is -2.40. The zero-order chi connectivity index (χ0) is 19.8. The van der Waals surface area contributed by atoms with Gasteiger partial charge in [0.1, 0.15) is 5.69 Å². The summed E-state index contributed by atoms with van der Waals surface area (Å²) < 4.78 is 3.82. The number of nitrogens with zero attached hydrogens (tertiary/aromatic N) is 7. The third kappa shape index (κ3) is 3.08. The van der Waals surface area contributed by atoms with E-state index >= 15 is 0 Å². The van der Waals surface area contributed by atoms with Crippen LogP contribution in [0.5, 0.6) is 0 Å². The zero-order valence-corrected chi connectivity index (χ0v) is 15.9. The summed E-state index contributed by atoms with van der Waals surface area (Å²) in [5, 5.41) is 12.9. The summed E-state index contributed by atoms with van der Waals surface area (Å²) in [6.45, 7) is 3.06. The van der Waals surface area contributed by atoms with E-state index in [4.69, 9.17) is 0 Å². The Balaban J connectivity index is 1.43. The number of amides is 1. The fourth-order valence-corrected chi connectivity index (χ4v) is 3.74. The number of hydrogen-bond acceptors (Lipinski definition) is 5. The van der Waals surface area contributed by atoms with Gasteiger partial charge in [-0.05, 0) is 43.3 Å². The molecule has 0 saturated carbocycles. The summed E-state index contributed by atoms with van der Waals surface area (Å²) in [6.07, 6.45) is 5.31. The standard InChI is InChI=1S/C21H19N7O/c1-15-13-26(14-19-24-25-20(28(15)19)18-8-2-3-9-22-18)21(29)16-6-4-7-17(12-16)27-11-5-10-23-27/h2-12,15H,13-14H2,1H3/t15-/m0/s1. The van der Waals surface area contributed by atoms with Crippen LogP contribution in [0, 0.1) is 0 Å². The highest BCUT2D eigenvalue weighted by Gasteiger charge is 2.30. The van der Waals surface area contributed by atoms with E-state index in [1.165, 1.54) is 0 Å². The SMILES string of the molecule is C[C@H]1CN(C(=O)c2cccc(-n3cccn3)c2)Cc2nnc(-c3ccccn3)n21. The fraction of sp³-hybridized carbons (Fsp3) is 0.190. The van der Waals surface area contributed by atoms with E-state index in [-0.39, 0.29) is 11.9 Å². The molecule has 0 spiro atoms. The monoisotopic (exact) mass is 385 g/mol. The first kappa shape index (κ1) is 17.3. The Morgan fingerprint density at radius 1 is 1.07 bits per heavy atom. The number of benzene rings is 1. The van der Waals surface area contributed by atoms with Crippen molar-refractivity contribution in [1.82, 2.24) is 34.4 Å². The van der Waals surface area contributed by atoms with Crippen molar-refractivity contribution in [2.75, 3.05) is 6.54 Å². The minimum atomic E-state index is -0.0282. The number of aromatic nitrogens is 6. The lowest BCUT2D eigenvalue weighted by Gasteiger charge is -2.32. The van der Waals surface area contributed by atoms with Crippen molar-refractivity contribution in [3.63, 3.8) is 0 Å². The van der Waals surface area contributed by atoms with Crippen molar-refractivity contribution < 1.29 is 4.79 Å². The van der Waals surface area contributed by atoms with Gasteiger partial charge in [0.25, 0.3) is 5.91 Å². The molecule has 3 aromatic heterocycles. The van der Waals surface area contributed by atoms with Gasteiger partial charge in [-0.15, -0.1) is 10.2 Å². The number of hydrogen-bond donors (Lipinski definition) is 0. The average molecular weight is 385 g/mol. The number of fused-ring (bicyclic) bond motifs is 1. The van der Waals surface area contributed by atoms with E-state index in [0.717, 1.165) is 23.0 Å². The van der Waals surface area contributed by atoms with Crippen molar-refractivity contribution in [2.45, 2.75) is 19.5 Å². The van der Waals surface area contributed by atoms with E-state index in [1.807, 2.05) is 59.6 Å². The summed E-state index contributed by atoms with van der Waals surface area (Å²) in [6, 6.07) is 15.1. The van der Waals surface area contributed by atoms with E-state index in [0.29, 0.717) is 18.7 Å². The number of rotatable bonds is 3. The lowest BCUT2D eigenvalue weighted by molar-refractivity contribution is 0.0682. The minimum Gasteiger partial charge on any atom is -0.329 e. The predicted octanol–water partition coefficient (Wildman–Crippen LogP) is 2.74. The van der Waals surface area contributed by atoms with E-state index < -0.39 is 0 Å². The van der Waals surface area contributed by atoms with Gasteiger partial charge in [0.2, 0.25) is 0 Å². The van der Waals surface area contributed by atoms with E-state index in [9.17, 15) is 4.79 Å². The molecule has 0 unspecified atom stereocenters. The topological polar surface area (TPSA) is 81.7 Å². The van der Waals surface area contributed by atoms with Gasteiger partial charge in [-0.2, -0.15) is 5.10 Å². The van der Waals surface area contributed by atoms with Crippen LogP contribution in [0.15, 0.2) is 67.1 Å². The highest BCUT2D eigenvalue weighted by molar-refractivity contribution is 5.94. The van der Waals surface area contributed by atoms with Crippen molar-refractivity contribution in [1.29, 1.82) is 0 Å². The van der Waals surface area contributed by atoms with Crippen LogP contribution < -0.4 is 0 Å². The second kappa shape index (κ2) is 6.97. The Morgan fingerprint density at radius 2 is 2.00 bits per heavy atom. The number of pyridine rings is 1. The fourth-order valence-electron chi connectivity index (χ4n) is 3.74. The molecule has 0 bridgehead atoms. The number of carbonyl (C=O) groups is 1. The molecular formula is C21H19N7O. The Morgan fingerprint density at radius 3 is 2.79 bits per heavy atom. The van der Waals surface area contributed by atoms with Crippen LogP contribution in [-0.4, -0.2) is 46.9 Å². The smallest absolute Gasteiger partial charge is 0.254 e. The molecule has 29 heavy (non-hydrogen) atoms. The highest BCUT2D eigenvalue weighted by atomic mass is 16.2. The van der Waals surface area contributed by atoms with Gasteiger partial charge in [-0.1, -0.05) is 12.1 Å². The molecule has 0 saturated heterocycles. The lowest BCUT2D eigenvalue weighted by atomic mass is 10.1. The molecule has 1 aliphatic heterocycles. The molecule has 8 nitrogen and oxygen atoms in total. The van der Waals surface area contributed by atoms with Crippen LogP contribution in [0.1, 0.15) is 29.1 Å². The minimum absolute atomic E-state index is 0.0282. The van der Waals surface area contributed by atoms with Crippen molar-refractivity contribution in [3.8, 4) is 17.2 Å². The maximum atomic E-state index is 13.2. The van der Waals surface area contributed by atoms with E-state index in [2.05, 4.69) is 31.8 Å². The highest BCUT2D eigenvalue weighted by Crippen LogP contribution is 2.27. The van der Waals surface area contributed by atoms with Gasteiger partial charge in [-0.25, -0.2) is 4.68 Å². The molecule has 4 heterocycles. The summed E-state index contributed by atoms with van der Waals surface area (Å²) in [5.74, 6) is 1.47. The molecule has 1 aromatic carbocycles.